The number of hydrogen-bond acceptors (Lipinski definition) is 4. The Labute approximate surface area is 134 Å². The largest absolute Gasteiger partial charge is 0.485 e. The van der Waals surface area contributed by atoms with Gasteiger partial charge in [0.25, 0.3) is 0 Å². The number of likely N-dealkylation sites (tertiary alicyclic amines) is 1. The van der Waals surface area contributed by atoms with Crippen molar-refractivity contribution in [1.82, 2.24) is 10.4 Å². The summed E-state index contributed by atoms with van der Waals surface area (Å²) >= 11 is 6.03. The summed E-state index contributed by atoms with van der Waals surface area (Å²) in [5, 5.41) is 0.572. The second-order valence-corrected chi connectivity index (χ2v) is 5.80. The highest BCUT2D eigenvalue weighted by Gasteiger charge is 2.33. The van der Waals surface area contributed by atoms with Crippen LogP contribution < -0.4 is 10.2 Å². The summed E-state index contributed by atoms with van der Waals surface area (Å²) in [6.07, 6.45) is 2.52. The van der Waals surface area contributed by atoms with Crippen molar-refractivity contribution in [2.24, 2.45) is 0 Å². The van der Waals surface area contributed by atoms with E-state index in [2.05, 4.69) is 5.48 Å². The fourth-order valence-corrected chi connectivity index (χ4v) is 2.56. The first-order valence-electron chi connectivity index (χ1n) is 7.46. The minimum atomic E-state index is -0.339. The van der Waals surface area contributed by atoms with E-state index < -0.39 is 0 Å². The monoisotopic (exact) mass is 326 g/mol. The maximum Gasteiger partial charge on any atom is 0.341 e. The predicted molar refractivity (Wildman–Crippen MR) is 80.6 cm³/mol. The van der Waals surface area contributed by atoms with Crippen LogP contribution in [0.2, 0.25) is 5.02 Å². The molecule has 0 spiro atoms. The van der Waals surface area contributed by atoms with Crippen molar-refractivity contribution in [2.75, 3.05) is 19.7 Å². The van der Waals surface area contributed by atoms with Crippen molar-refractivity contribution in [1.29, 1.82) is 0 Å². The summed E-state index contributed by atoms with van der Waals surface area (Å²) < 4.78 is 11.1. The quantitative estimate of drug-likeness (QED) is 0.864. The van der Waals surface area contributed by atoms with Crippen molar-refractivity contribution in [3.05, 3.63) is 29.3 Å². The Hall–Kier alpha value is -1.50. The molecule has 22 heavy (non-hydrogen) atoms. The second-order valence-electron chi connectivity index (χ2n) is 5.40. The Balaban J connectivity index is 1.37. The normalized spacial score (nSPS) is 22.0. The van der Waals surface area contributed by atoms with E-state index in [1.165, 1.54) is 0 Å². The lowest BCUT2D eigenvalue weighted by molar-refractivity contribution is -0.188. The highest BCUT2D eigenvalue weighted by atomic mass is 35.5. The van der Waals surface area contributed by atoms with Crippen molar-refractivity contribution < 1.29 is 19.1 Å². The van der Waals surface area contributed by atoms with Crippen LogP contribution >= 0.6 is 11.6 Å². The van der Waals surface area contributed by atoms with E-state index in [0.717, 1.165) is 19.3 Å². The van der Waals surface area contributed by atoms with Crippen molar-refractivity contribution >= 4 is 17.6 Å². The minimum Gasteiger partial charge on any atom is -0.485 e. The molecule has 2 aliphatic heterocycles. The van der Waals surface area contributed by atoms with E-state index in [0.29, 0.717) is 30.5 Å². The number of halogens is 1. The van der Waals surface area contributed by atoms with Crippen LogP contribution in [0, 0.1) is 0 Å². The minimum absolute atomic E-state index is 0.0448. The highest BCUT2D eigenvalue weighted by Crippen LogP contribution is 2.26. The number of carbonyl (C=O) groups excluding carboxylic acids is 1. The fourth-order valence-electron chi connectivity index (χ4n) is 2.38. The topological polar surface area (TPSA) is 60.0 Å². The molecule has 7 heteroatoms. The fraction of sp³-hybridized carbons (Fsp3) is 0.533. The maximum atomic E-state index is 11.9. The molecule has 3 rings (SSSR count). The molecule has 2 fully saturated rings. The van der Waals surface area contributed by atoms with Gasteiger partial charge in [-0.25, -0.2) is 15.1 Å². The predicted octanol–water partition coefficient (Wildman–Crippen LogP) is 2.57. The molecule has 1 aromatic carbocycles. The van der Waals surface area contributed by atoms with Gasteiger partial charge in [0.05, 0.1) is 18.1 Å². The van der Waals surface area contributed by atoms with E-state index in [-0.39, 0.29) is 18.4 Å². The smallest absolute Gasteiger partial charge is 0.341 e. The van der Waals surface area contributed by atoms with E-state index >= 15 is 0 Å². The highest BCUT2D eigenvalue weighted by molar-refractivity contribution is 6.32. The zero-order valence-corrected chi connectivity index (χ0v) is 12.9. The summed E-state index contributed by atoms with van der Waals surface area (Å²) in [5.41, 5.74) is 2.43. The van der Waals surface area contributed by atoms with Crippen LogP contribution in [0.15, 0.2) is 24.3 Å². The molecule has 2 amide bonds. The first-order chi connectivity index (χ1) is 10.7. The van der Waals surface area contributed by atoms with Crippen LogP contribution in [0.4, 0.5) is 4.79 Å². The summed E-state index contributed by atoms with van der Waals surface area (Å²) in [6, 6.07) is 7.03. The summed E-state index contributed by atoms with van der Waals surface area (Å²) in [7, 11) is 0. The average Bonchev–Trinajstić information content (AvgIpc) is 2.51. The van der Waals surface area contributed by atoms with E-state index in [9.17, 15) is 4.79 Å². The maximum absolute atomic E-state index is 11.9. The molecule has 1 N–H and O–H groups in total. The van der Waals surface area contributed by atoms with Gasteiger partial charge in [-0.15, -0.1) is 0 Å². The van der Waals surface area contributed by atoms with Gasteiger partial charge in [0.15, 0.2) is 6.29 Å². The van der Waals surface area contributed by atoms with Gasteiger partial charge >= 0.3 is 6.03 Å². The number of ether oxygens (including phenoxy) is 2. The van der Waals surface area contributed by atoms with E-state index in [1.54, 1.807) is 11.0 Å². The van der Waals surface area contributed by atoms with Crippen LogP contribution in [0.25, 0.3) is 0 Å². The molecule has 0 unspecified atom stereocenters. The van der Waals surface area contributed by atoms with Gasteiger partial charge in [-0.2, -0.15) is 0 Å². The second kappa shape index (κ2) is 7.17. The number of carbonyl (C=O) groups is 1. The molecule has 120 valence electrons. The lowest BCUT2D eigenvalue weighted by Crippen LogP contribution is -2.59. The Morgan fingerprint density at radius 3 is 2.86 bits per heavy atom. The van der Waals surface area contributed by atoms with Gasteiger partial charge in [-0.05, 0) is 25.0 Å². The number of hydrogen-bond donors (Lipinski definition) is 1. The zero-order chi connectivity index (χ0) is 15.4. The van der Waals surface area contributed by atoms with Crippen LogP contribution in [-0.2, 0) is 9.57 Å². The third-order valence-corrected chi connectivity index (χ3v) is 3.99. The Bertz CT molecular complexity index is 516. The molecule has 0 aromatic heterocycles. The van der Waals surface area contributed by atoms with Crippen molar-refractivity contribution in [2.45, 2.75) is 31.7 Å². The molecule has 0 aliphatic carbocycles. The third-order valence-electron chi connectivity index (χ3n) is 3.68. The van der Waals surface area contributed by atoms with E-state index in [4.69, 9.17) is 25.9 Å². The summed E-state index contributed by atoms with van der Waals surface area (Å²) in [4.78, 5) is 18.7. The Kier molecular flexibility index (Phi) is 5.02. The molecule has 1 aromatic rings. The number of nitrogens with zero attached hydrogens (tertiary/aromatic N) is 1. The molecule has 6 nitrogen and oxygen atoms in total. The van der Waals surface area contributed by atoms with Gasteiger partial charge in [-0.3, -0.25) is 0 Å². The van der Waals surface area contributed by atoms with Gasteiger partial charge in [-0.1, -0.05) is 23.7 Å². The third kappa shape index (κ3) is 3.82. The molecule has 0 radical (unpaired) electrons. The Morgan fingerprint density at radius 2 is 2.14 bits per heavy atom. The molecule has 0 bridgehead atoms. The lowest BCUT2D eigenvalue weighted by Gasteiger charge is -2.38. The number of nitrogens with one attached hydrogen (secondary N) is 1. The molecule has 2 heterocycles. The van der Waals surface area contributed by atoms with Crippen LogP contribution in [0.1, 0.15) is 19.3 Å². The first kappa shape index (κ1) is 15.4. The molecule has 1 atom stereocenters. The molecule has 0 saturated carbocycles. The SMILES string of the molecule is O=C(NO[C@H]1CCCCO1)N1CC(Oc2ccccc2Cl)C1. The van der Waals surface area contributed by atoms with Crippen LogP contribution in [-0.4, -0.2) is 43.0 Å². The van der Waals surface area contributed by atoms with E-state index in [1.807, 2.05) is 18.2 Å². The molecule has 2 saturated heterocycles. The van der Waals surface area contributed by atoms with Gasteiger partial charge < -0.3 is 14.4 Å². The van der Waals surface area contributed by atoms with Crippen LogP contribution in [0.5, 0.6) is 5.75 Å². The number of benzene rings is 1. The number of urea groups is 1. The standard InChI is InChI=1S/C15H19ClN2O4/c16-12-5-1-2-6-13(12)21-11-9-18(10-11)15(19)17-22-14-7-3-4-8-20-14/h1-2,5-6,11,14H,3-4,7-10H2,(H,17,19)/t14-/m0/s1. The molecular weight excluding hydrogens is 308 g/mol. The molecule has 2 aliphatic rings. The van der Waals surface area contributed by atoms with Crippen molar-refractivity contribution in [3.8, 4) is 5.75 Å². The van der Waals surface area contributed by atoms with Crippen molar-refractivity contribution in [3.63, 3.8) is 0 Å². The lowest BCUT2D eigenvalue weighted by atomic mass is 10.2. The zero-order valence-electron chi connectivity index (χ0n) is 12.2. The van der Waals surface area contributed by atoms with Gasteiger partial charge in [0.1, 0.15) is 11.9 Å². The summed E-state index contributed by atoms with van der Waals surface area (Å²) in [5.74, 6) is 0.640. The van der Waals surface area contributed by atoms with Crippen LogP contribution in [0.3, 0.4) is 0 Å². The number of hydroxylamine groups is 1. The number of rotatable bonds is 4. The Morgan fingerprint density at radius 1 is 1.32 bits per heavy atom. The average molecular weight is 327 g/mol. The number of para-hydroxylation sites is 1. The molecular formula is C15H19ClN2O4. The summed E-state index contributed by atoms with van der Waals surface area (Å²) in [6.45, 7) is 1.69. The van der Waals surface area contributed by atoms with Gasteiger partial charge in [0.2, 0.25) is 0 Å². The number of amides is 2. The first-order valence-corrected chi connectivity index (χ1v) is 7.83. The van der Waals surface area contributed by atoms with Gasteiger partial charge in [0, 0.05) is 13.0 Å².